The first kappa shape index (κ1) is 24.0. The number of carbonyl (C=O) groups is 3. The molecule has 9 nitrogen and oxygen atoms in total. The van der Waals surface area contributed by atoms with Gasteiger partial charge in [0, 0.05) is 36.2 Å². The molecule has 4 rings (SSSR count). The molecule has 9 heteroatoms. The Kier molecular flexibility index (Phi) is 6.86. The topological polar surface area (TPSA) is 133 Å². The molecule has 0 aliphatic heterocycles. The predicted octanol–water partition coefficient (Wildman–Crippen LogP) is 3.23. The van der Waals surface area contributed by atoms with Gasteiger partial charge in [-0.1, -0.05) is 48.5 Å². The third kappa shape index (κ3) is 5.68. The van der Waals surface area contributed by atoms with E-state index in [-0.39, 0.29) is 25.4 Å². The van der Waals surface area contributed by atoms with Crippen LogP contribution in [0.1, 0.15) is 43.0 Å². The van der Waals surface area contributed by atoms with Crippen LogP contribution in [0.4, 0.5) is 4.79 Å². The summed E-state index contributed by atoms with van der Waals surface area (Å²) >= 11 is 0. The van der Waals surface area contributed by atoms with Crippen molar-refractivity contribution in [3.63, 3.8) is 0 Å². The summed E-state index contributed by atoms with van der Waals surface area (Å²) in [5.41, 5.74) is 4.13. The third-order valence-corrected chi connectivity index (χ3v) is 6.00. The number of H-pyrrole nitrogens is 1. The number of amides is 2. The zero-order chi connectivity index (χ0) is 25.0. The molecule has 1 aliphatic rings. The highest BCUT2D eigenvalue weighted by atomic mass is 16.5. The zero-order valence-corrected chi connectivity index (χ0v) is 19.6. The molecule has 2 aromatic carbocycles. The molecule has 0 radical (unpaired) electrons. The molecule has 1 atom stereocenters. The summed E-state index contributed by atoms with van der Waals surface area (Å²) in [4.78, 5) is 43.4. The van der Waals surface area contributed by atoms with Crippen LogP contribution in [0.15, 0.2) is 61.1 Å². The number of aromatic amines is 1. The van der Waals surface area contributed by atoms with E-state index in [0.717, 1.165) is 22.3 Å². The lowest BCUT2D eigenvalue weighted by Gasteiger charge is -2.26. The average Bonchev–Trinajstić information content (AvgIpc) is 3.42. The van der Waals surface area contributed by atoms with Gasteiger partial charge in [-0.2, -0.15) is 0 Å². The number of nitrogens with one attached hydrogen (secondary N) is 3. The summed E-state index contributed by atoms with van der Waals surface area (Å²) in [7, 11) is 0. The van der Waals surface area contributed by atoms with Gasteiger partial charge >= 0.3 is 12.1 Å². The summed E-state index contributed by atoms with van der Waals surface area (Å²) in [6.07, 6.45) is 2.25. The average molecular weight is 477 g/mol. The molecule has 0 saturated carbocycles. The van der Waals surface area contributed by atoms with Crippen molar-refractivity contribution in [2.24, 2.45) is 0 Å². The van der Waals surface area contributed by atoms with Crippen LogP contribution in [0.3, 0.4) is 0 Å². The van der Waals surface area contributed by atoms with Gasteiger partial charge in [-0.05, 0) is 36.1 Å². The first-order valence-corrected chi connectivity index (χ1v) is 11.4. The molecule has 1 heterocycles. The number of nitrogens with zero attached hydrogens (tertiary/aromatic N) is 1. The summed E-state index contributed by atoms with van der Waals surface area (Å²) in [5.74, 6) is -1.73. The van der Waals surface area contributed by atoms with E-state index in [1.54, 1.807) is 13.8 Å². The van der Waals surface area contributed by atoms with Gasteiger partial charge < -0.3 is 25.5 Å². The molecule has 0 fully saturated rings. The molecule has 1 aromatic heterocycles. The Bertz CT molecular complexity index is 1180. The number of alkyl carbamates (subject to hydrolysis) is 1. The summed E-state index contributed by atoms with van der Waals surface area (Å²) in [6, 6.07) is 15.0. The minimum absolute atomic E-state index is 0.0707. The second-order valence-corrected chi connectivity index (χ2v) is 9.25. The molecule has 1 aliphatic carbocycles. The number of hydrogen-bond donors (Lipinski definition) is 4. The quantitative estimate of drug-likeness (QED) is 0.375. The fourth-order valence-corrected chi connectivity index (χ4v) is 4.42. The SMILES string of the molecule is CC(C)(CC(=O)N[C@@H](Cc1cnc[nH]1)C(=O)O)NC(=O)OCC1c2ccccc2-c2ccccc21. The Morgan fingerprint density at radius 2 is 1.71 bits per heavy atom. The van der Waals surface area contributed by atoms with Crippen LogP contribution >= 0.6 is 0 Å². The summed E-state index contributed by atoms with van der Waals surface area (Å²) in [5, 5.41) is 14.7. The van der Waals surface area contributed by atoms with Crippen LogP contribution in [-0.4, -0.2) is 51.2 Å². The maximum absolute atomic E-state index is 12.6. The van der Waals surface area contributed by atoms with Crippen molar-refractivity contribution in [2.75, 3.05) is 6.61 Å². The molecule has 4 N–H and O–H groups in total. The van der Waals surface area contributed by atoms with E-state index in [9.17, 15) is 19.5 Å². The van der Waals surface area contributed by atoms with Crippen molar-refractivity contribution in [2.45, 2.75) is 44.2 Å². The smallest absolute Gasteiger partial charge is 0.407 e. The van der Waals surface area contributed by atoms with E-state index in [4.69, 9.17) is 4.74 Å². The molecular weight excluding hydrogens is 448 g/mol. The maximum atomic E-state index is 12.6. The lowest BCUT2D eigenvalue weighted by molar-refractivity contribution is -0.142. The van der Waals surface area contributed by atoms with Gasteiger partial charge in [0.05, 0.1) is 6.33 Å². The Morgan fingerprint density at radius 3 is 2.29 bits per heavy atom. The van der Waals surface area contributed by atoms with Crippen LogP contribution in [0.2, 0.25) is 0 Å². The Hall–Kier alpha value is -4.14. The number of aromatic nitrogens is 2. The first-order valence-electron chi connectivity index (χ1n) is 11.4. The second kappa shape index (κ2) is 10.0. The normalized spacial score (nSPS) is 13.4. The van der Waals surface area contributed by atoms with Crippen LogP contribution in [0, 0.1) is 0 Å². The number of ether oxygens (including phenoxy) is 1. The summed E-state index contributed by atoms with van der Waals surface area (Å²) < 4.78 is 5.56. The van der Waals surface area contributed by atoms with Gasteiger partial charge in [0.25, 0.3) is 0 Å². The molecule has 35 heavy (non-hydrogen) atoms. The number of hydrogen-bond acceptors (Lipinski definition) is 5. The van der Waals surface area contributed by atoms with Crippen molar-refractivity contribution in [1.29, 1.82) is 0 Å². The molecule has 3 aromatic rings. The number of benzene rings is 2. The highest BCUT2D eigenvalue weighted by Gasteiger charge is 2.31. The van der Waals surface area contributed by atoms with E-state index >= 15 is 0 Å². The molecule has 0 unspecified atom stereocenters. The molecular formula is C26H28N4O5. The largest absolute Gasteiger partial charge is 0.480 e. The van der Waals surface area contributed by atoms with Gasteiger partial charge in [0.15, 0.2) is 0 Å². The van der Waals surface area contributed by atoms with Crippen molar-refractivity contribution >= 4 is 18.0 Å². The number of rotatable bonds is 9. The van der Waals surface area contributed by atoms with E-state index in [0.29, 0.717) is 5.69 Å². The van der Waals surface area contributed by atoms with Gasteiger partial charge in [0.2, 0.25) is 5.91 Å². The Morgan fingerprint density at radius 1 is 1.09 bits per heavy atom. The lowest BCUT2D eigenvalue weighted by atomic mass is 9.98. The van der Waals surface area contributed by atoms with Crippen molar-refractivity contribution in [3.05, 3.63) is 77.9 Å². The van der Waals surface area contributed by atoms with Crippen LogP contribution in [0.25, 0.3) is 11.1 Å². The van der Waals surface area contributed by atoms with Crippen LogP contribution < -0.4 is 10.6 Å². The number of imidazole rings is 1. The van der Waals surface area contributed by atoms with Gasteiger partial charge in [-0.3, -0.25) is 4.79 Å². The highest BCUT2D eigenvalue weighted by Crippen LogP contribution is 2.44. The van der Waals surface area contributed by atoms with E-state index in [2.05, 4.69) is 32.7 Å². The molecule has 0 saturated heterocycles. The fraction of sp³-hybridized carbons (Fsp3) is 0.308. The predicted molar refractivity (Wildman–Crippen MR) is 129 cm³/mol. The molecule has 182 valence electrons. The zero-order valence-electron chi connectivity index (χ0n) is 19.6. The van der Waals surface area contributed by atoms with E-state index in [1.165, 1.54) is 12.5 Å². The standard InChI is InChI=1S/C26H28N4O5/c1-26(2,12-23(31)29-22(24(32)33)11-16-13-27-15-28-16)30-25(34)35-14-21-19-9-5-3-7-17(19)18-8-4-6-10-20(18)21/h3-10,13,15,21-22H,11-12,14H2,1-2H3,(H,27,28)(H,29,31)(H,30,34)(H,32,33)/t22-/m0/s1. The number of carboxylic acids is 1. The van der Waals surface area contributed by atoms with Crippen LogP contribution in [0.5, 0.6) is 0 Å². The van der Waals surface area contributed by atoms with Gasteiger partial charge in [-0.15, -0.1) is 0 Å². The second-order valence-electron chi connectivity index (χ2n) is 9.25. The number of fused-ring (bicyclic) bond motifs is 3. The number of carboxylic acid groups (broad SMARTS) is 1. The fourth-order valence-electron chi connectivity index (χ4n) is 4.42. The molecule has 0 spiro atoms. The Labute approximate surface area is 202 Å². The molecule has 0 bridgehead atoms. The first-order chi connectivity index (χ1) is 16.7. The molecule has 2 amide bonds. The highest BCUT2D eigenvalue weighted by molar-refractivity contribution is 5.85. The minimum atomic E-state index is -1.16. The number of aliphatic carboxylic acids is 1. The van der Waals surface area contributed by atoms with Crippen molar-refractivity contribution < 1.29 is 24.2 Å². The summed E-state index contributed by atoms with van der Waals surface area (Å²) in [6.45, 7) is 3.52. The van der Waals surface area contributed by atoms with Crippen molar-refractivity contribution in [3.8, 4) is 11.1 Å². The monoisotopic (exact) mass is 476 g/mol. The van der Waals surface area contributed by atoms with E-state index in [1.807, 2.05) is 36.4 Å². The van der Waals surface area contributed by atoms with Gasteiger partial charge in [0.1, 0.15) is 12.6 Å². The van der Waals surface area contributed by atoms with E-state index < -0.39 is 29.6 Å². The van der Waals surface area contributed by atoms with Gasteiger partial charge in [-0.25, -0.2) is 14.6 Å². The lowest BCUT2D eigenvalue weighted by Crippen LogP contribution is -2.50. The van der Waals surface area contributed by atoms with Crippen LogP contribution in [-0.2, 0) is 20.7 Å². The maximum Gasteiger partial charge on any atom is 0.407 e. The minimum Gasteiger partial charge on any atom is -0.480 e. The Balaban J connectivity index is 1.32. The van der Waals surface area contributed by atoms with Crippen molar-refractivity contribution in [1.82, 2.24) is 20.6 Å². The number of carbonyl (C=O) groups excluding carboxylic acids is 2. The third-order valence-electron chi connectivity index (χ3n) is 6.00.